The van der Waals surface area contributed by atoms with Crippen LogP contribution in [0.25, 0.3) is 10.8 Å². The highest BCUT2D eigenvalue weighted by Crippen LogP contribution is 2.38. The SMILES string of the molecule is COC(=O)C1=C(C)N(C2CC2)C(=S)N[C@@H]1c1ccc2ccccc2c1. The molecule has 1 aliphatic heterocycles. The zero-order valence-corrected chi connectivity index (χ0v) is 15.1. The topological polar surface area (TPSA) is 41.6 Å². The van der Waals surface area contributed by atoms with Crippen molar-refractivity contribution in [1.82, 2.24) is 10.2 Å². The molecule has 0 amide bonds. The van der Waals surface area contributed by atoms with Gasteiger partial charge in [0.15, 0.2) is 5.11 Å². The van der Waals surface area contributed by atoms with Crippen molar-refractivity contribution >= 4 is 34.1 Å². The Morgan fingerprint density at radius 1 is 1.20 bits per heavy atom. The van der Waals surface area contributed by atoms with Crippen LogP contribution in [-0.2, 0) is 9.53 Å². The van der Waals surface area contributed by atoms with E-state index in [1.54, 1.807) is 0 Å². The number of fused-ring (bicyclic) bond motifs is 1. The molecule has 2 aliphatic rings. The van der Waals surface area contributed by atoms with Crippen LogP contribution in [0.4, 0.5) is 0 Å². The van der Waals surface area contributed by atoms with Crippen molar-refractivity contribution in [1.29, 1.82) is 0 Å². The van der Waals surface area contributed by atoms with E-state index < -0.39 is 0 Å². The number of hydrogen-bond donors (Lipinski definition) is 1. The average molecular weight is 352 g/mol. The fraction of sp³-hybridized carbons (Fsp3) is 0.300. The summed E-state index contributed by atoms with van der Waals surface area (Å²) in [4.78, 5) is 14.6. The summed E-state index contributed by atoms with van der Waals surface area (Å²) in [6, 6.07) is 14.5. The number of thiocarbonyl (C=S) groups is 1. The van der Waals surface area contributed by atoms with Crippen LogP contribution in [0.2, 0.25) is 0 Å². The Kier molecular flexibility index (Phi) is 3.96. The first-order valence-electron chi connectivity index (χ1n) is 8.47. The van der Waals surface area contributed by atoms with Crippen molar-refractivity contribution in [2.45, 2.75) is 31.8 Å². The Morgan fingerprint density at radius 3 is 2.60 bits per heavy atom. The summed E-state index contributed by atoms with van der Waals surface area (Å²) < 4.78 is 5.08. The van der Waals surface area contributed by atoms with Crippen LogP contribution in [0, 0.1) is 0 Å². The van der Waals surface area contributed by atoms with Crippen molar-refractivity contribution in [3.05, 3.63) is 59.3 Å². The first-order chi connectivity index (χ1) is 12.1. The van der Waals surface area contributed by atoms with E-state index in [9.17, 15) is 4.79 Å². The minimum atomic E-state index is -0.309. The fourth-order valence-corrected chi connectivity index (χ4v) is 3.95. The molecule has 4 rings (SSSR count). The molecule has 0 bridgehead atoms. The normalized spacial score (nSPS) is 20.6. The van der Waals surface area contributed by atoms with Crippen LogP contribution < -0.4 is 5.32 Å². The van der Waals surface area contributed by atoms with Crippen LogP contribution >= 0.6 is 12.2 Å². The highest BCUT2D eigenvalue weighted by atomic mass is 32.1. The van der Waals surface area contributed by atoms with Crippen LogP contribution in [-0.4, -0.2) is 29.1 Å². The summed E-state index contributed by atoms with van der Waals surface area (Å²) in [7, 11) is 1.43. The molecule has 0 aromatic heterocycles. The molecule has 2 aromatic rings. The quantitative estimate of drug-likeness (QED) is 0.674. The summed E-state index contributed by atoms with van der Waals surface area (Å²) >= 11 is 5.60. The molecule has 2 aromatic carbocycles. The molecule has 25 heavy (non-hydrogen) atoms. The van der Waals surface area contributed by atoms with E-state index in [4.69, 9.17) is 17.0 Å². The second kappa shape index (κ2) is 6.15. The minimum Gasteiger partial charge on any atom is -0.466 e. The van der Waals surface area contributed by atoms with Gasteiger partial charge in [0, 0.05) is 11.7 Å². The predicted octanol–water partition coefficient (Wildman–Crippen LogP) is 3.68. The maximum absolute atomic E-state index is 12.5. The van der Waals surface area contributed by atoms with Gasteiger partial charge in [0.1, 0.15) is 0 Å². The van der Waals surface area contributed by atoms with Crippen molar-refractivity contribution in [2.24, 2.45) is 0 Å². The molecule has 1 fully saturated rings. The summed E-state index contributed by atoms with van der Waals surface area (Å²) in [5, 5.41) is 6.36. The molecule has 0 saturated heterocycles. The zero-order valence-electron chi connectivity index (χ0n) is 14.3. The third kappa shape index (κ3) is 2.78. The monoisotopic (exact) mass is 352 g/mol. The highest BCUT2D eigenvalue weighted by Gasteiger charge is 2.40. The Morgan fingerprint density at radius 2 is 1.92 bits per heavy atom. The molecular formula is C20H20N2O2S. The van der Waals surface area contributed by atoms with Gasteiger partial charge < -0.3 is 15.0 Å². The van der Waals surface area contributed by atoms with Crippen LogP contribution in [0.1, 0.15) is 31.4 Å². The van der Waals surface area contributed by atoms with Crippen molar-refractivity contribution in [2.75, 3.05) is 7.11 Å². The Balaban J connectivity index is 1.83. The molecular weight excluding hydrogens is 332 g/mol. The van der Waals surface area contributed by atoms with Crippen LogP contribution in [0.5, 0.6) is 0 Å². The van der Waals surface area contributed by atoms with Crippen LogP contribution in [0.3, 0.4) is 0 Å². The Bertz CT molecular complexity index is 901. The molecule has 0 spiro atoms. The summed E-state index contributed by atoms with van der Waals surface area (Å²) in [5.74, 6) is -0.309. The molecule has 0 radical (unpaired) electrons. The number of methoxy groups -OCH3 is 1. The van der Waals surface area contributed by atoms with E-state index >= 15 is 0 Å². The predicted molar refractivity (Wildman–Crippen MR) is 102 cm³/mol. The number of carbonyl (C=O) groups excluding carboxylic acids is 1. The molecule has 1 heterocycles. The lowest BCUT2D eigenvalue weighted by atomic mass is 9.93. The highest BCUT2D eigenvalue weighted by molar-refractivity contribution is 7.80. The van der Waals surface area contributed by atoms with Crippen molar-refractivity contribution < 1.29 is 9.53 Å². The fourth-order valence-electron chi connectivity index (χ4n) is 3.54. The van der Waals surface area contributed by atoms with Crippen molar-refractivity contribution in [3.63, 3.8) is 0 Å². The average Bonchev–Trinajstić information content (AvgIpc) is 3.45. The lowest BCUT2D eigenvalue weighted by molar-refractivity contribution is -0.136. The van der Waals surface area contributed by atoms with E-state index in [0.29, 0.717) is 16.7 Å². The lowest BCUT2D eigenvalue weighted by Gasteiger charge is -2.37. The molecule has 4 nitrogen and oxygen atoms in total. The van der Waals surface area contributed by atoms with Gasteiger partial charge in [-0.1, -0.05) is 36.4 Å². The van der Waals surface area contributed by atoms with Gasteiger partial charge in [0.25, 0.3) is 0 Å². The standard InChI is InChI=1S/C20H20N2O2S/c1-12-17(19(23)24-2)18(21-20(25)22(12)16-9-10-16)15-8-7-13-5-3-4-6-14(13)11-15/h3-8,11,16,18H,9-10H2,1-2H3,(H,21,25)/t18-/m1/s1. The second-order valence-corrected chi connectivity index (χ2v) is 6.97. The smallest absolute Gasteiger partial charge is 0.337 e. The number of nitrogens with one attached hydrogen (secondary N) is 1. The zero-order chi connectivity index (χ0) is 17.6. The second-order valence-electron chi connectivity index (χ2n) is 6.58. The minimum absolute atomic E-state index is 0.292. The van der Waals surface area contributed by atoms with Crippen molar-refractivity contribution in [3.8, 4) is 0 Å². The molecule has 1 atom stereocenters. The number of hydrogen-bond acceptors (Lipinski definition) is 3. The van der Waals surface area contributed by atoms with Gasteiger partial charge in [-0.05, 0) is 54.4 Å². The van der Waals surface area contributed by atoms with Gasteiger partial charge in [0.05, 0.1) is 18.7 Å². The van der Waals surface area contributed by atoms with Gasteiger partial charge in [-0.3, -0.25) is 0 Å². The number of allylic oxidation sites excluding steroid dienone is 1. The van der Waals surface area contributed by atoms with Gasteiger partial charge in [0.2, 0.25) is 0 Å². The van der Waals surface area contributed by atoms with E-state index in [2.05, 4.69) is 34.5 Å². The molecule has 128 valence electrons. The number of nitrogens with zero attached hydrogens (tertiary/aromatic N) is 1. The number of benzene rings is 2. The summed E-state index contributed by atoms with van der Waals surface area (Å²) in [6.45, 7) is 1.96. The number of esters is 1. The van der Waals surface area contributed by atoms with Crippen LogP contribution in [0.15, 0.2) is 53.7 Å². The third-order valence-electron chi connectivity index (χ3n) is 4.95. The number of carbonyl (C=O) groups is 1. The molecule has 1 aliphatic carbocycles. The van der Waals surface area contributed by atoms with Gasteiger partial charge in [-0.25, -0.2) is 4.79 Å². The largest absolute Gasteiger partial charge is 0.466 e. The lowest BCUT2D eigenvalue weighted by Crippen LogP contribution is -2.48. The molecule has 0 unspecified atom stereocenters. The number of ether oxygens (including phenoxy) is 1. The summed E-state index contributed by atoms with van der Waals surface area (Å²) in [6.07, 6.45) is 2.21. The Labute approximate surface area is 152 Å². The maximum Gasteiger partial charge on any atom is 0.337 e. The number of rotatable bonds is 3. The van der Waals surface area contributed by atoms with E-state index in [1.165, 1.54) is 12.5 Å². The molecule has 5 heteroatoms. The molecule has 1 N–H and O–H groups in total. The van der Waals surface area contributed by atoms with E-state index in [1.807, 2.05) is 25.1 Å². The third-order valence-corrected chi connectivity index (χ3v) is 5.27. The first kappa shape index (κ1) is 16.1. The Hall–Kier alpha value is -2.40. The molecule has 1 saturated carbocycles. The van der Waals surface area contributed by atoms with E-state index in [-0.39, 0.29) is 12.0 Å². The van der Waals surface area contributed by atoms with Gasteiger partial charge in [-0.15, -0.1) is 0 Å². The van der Waals surface area contributed by atoms with Gasteiger partial charge in [-0.2, -0.15) is 0 Å². The van der Waals surface area contributed by atoms with E-state index in [0.717, 1.165) is 29.5 Å². The first-order valence-corrected chi connectivity index (χ1v) is 8.88. The maximum atomic E-state index is 12.5. The summed E-state index contributed by atoms with van der Waals surface area (Å²) in [5.41, 5.74) is 2.55. The van der Waals surface area contributed by atoms with Gasteiger partial charge >= 0.3 is 5.97 Å².